The minimum Gasteiger partial charge on any atom is -0.381 e. The van der Waals surface area contributed by atoms with Crippen molar-refractivity contribution in [3.8, 4) is 0 Å². The average Bonchev–Trinajstić information content (AvgIpc) is 2.83. The minimum atomic E-state index is 0.470. The van der Waals surface area contributed by atoms with Gasteiger partial charge in [0, 0.05) is 30.2 Å². The molecular formula is C13H21NOS. The lowest BCUT2D eigenvalue weighted by molar-refractivity contribution is 0.0547. The molecule has 0 bridgehead atoms. The average molecular weight is 239 g/mol. The van der Waals surface area contributed by atoms with Gasteiger partial charge in [-0.2, -0.15) is 0 Å². The lowest BCUT2D eigenvalue weighted by Crippen LogP contribution is -2.37. The first-order valence-electron chi connectivity index (χ1n) is 6.14. The fourth-order valence-corrected chi connectivity index (χ4v) is 3.11. The number of nitrogens with one attached hydrogen (secondary N) is 1. The molecule has 0 amide bonds. The number of hydrogen-bond donors (Lipinski definition) is 1. The SMILES string of the molecule is CC(NC(C)C1CCOCC1)c1cccs1. The fourth-order valence-electron chi connectivity index (χ4n) is 2.37. The van der Waals surface area contributed by atoms with Crippen LogP contribution in [0, 0.1) is 5.92 Å². The molecule has 1 fully saturated rings. The van der Waals surface area contributed by atoms with E-state index in [9.17, 15) is 0 Å². The van der Waals surface area contributed by atoms with Gasteiger partial charge in [-0.3, -0.25) is 0 Å². The van der Waals surface area contributed by atoms with Gasteiger partial charge in [-0.05, 0) is 44.1 Å². The van der Waals surface area contributed by atoms with Gasteiger partial charge in [-0.15, -0.1) is 11.3 Å². The first kappa shape index (κ1) is 12.1. The van der Waals surface area contributed by atoms with Crippen LogP contribution in [0.15, 0.2) is 17.5 Å². The third-order valence-electron chi connectivity index (χ3n) is 3.46. The largest absolute Gasteiger partial charge is 0.381 e. The highest BCUT2D eigenvalue weighted by molar-refractivity contribution is 7.10. The maximum absolute atomic E-state index is 5.40. The zero-order valence-electron chi connectivity index (χ0n) is 10.1. The van der Waals surface area contributed by atoms with Crippen LogP contribution in [0.25, 0.3) is 0 Å². The molecule has 3 heteroatoms. The van der Waals surface area contributed by atoms with Gasteiger partial charge in [0.15, 0.2) is 0 Å². The Labute approximate surface area is 102 Å². The Morgan fingerprint density at radius 1 is 1.38 bits per heavy atom. The zero-order chi connectivity index (χ0) is 11.4. The van der Waals surface area contributed by atoms with E-state index < -0.39 is 0 Å². The van der Waals surface area contributed by atoms with Crippen LogP contribution in [0.2, 0.25) is 0 Å². The van der Waals surface area contributed by atoms with E-state index in [0.29, 0.717) is 12.1 Å². The van der Waals surface area contributed by atoms with Gasteiger partial charge in [0.1, 0.15) is 0 Å². The van der Waals surface area contributed by atoms with Crippen LogP contribution in [0.4, 0.5) is 0 Å². The predicted molar refractivity (Wildman–Crippen MR) is 68.9 cm³/mol. The summed E-state index contributed by atoms with van der Waals surface area (Å²) in [6.07, 6.45) is 2.40. The molecule has 1 aromatic rings. The van der Waals surface area contributed by atoms with Crippen LogP contribution >= 0.6 is 11.3 Å². The van der Waals surface area contributed by atoms with Gasteiger partial charge in [0.25, 0.3) is 0 Å². The maximum atomic E-state index is 5.40. The summed E-state index contributed by atoms with van der Waals surface area (Å²) >= 11 is 1.83. The molecule has 0 aliphatic carbocycles. The Bertz CT molecular complexity index is 293. The predicted octanol–water partition coefficient (Wildman–Crippen LogP) is 3.21. The molecule has 90 valence electrons. The Hall–Kier alpha value is -0.380. The molecule has 0 radical (unpaired) electrons. The molecule has 1 aliphatic rings. The Morgan fingerprint density at radius 3 is 2.75 bits per heavy atom. The van der Waals surface area contributed by atoms with Crippen molar-refractivity contribution >= 4 is 11.3 Å². The minimum absolute atomic E-state index is 0.470. The van der Waals surface area contributed by atoms with Crippen LogP contribution < -0.4 is 5.32 Å². The molecule has 1 saturated heterocycles. The van der Waals surface area contributed by atoms with Crippen molar-refractivity contribution in [1.29, 1.82) is 0 Å². The second-order valence-electron chi connectivity index (χ2n) is 4.64. The van der Waals surface area contributed by atoms with Crippen molar-refractivity contribution < 1.29 is 4.74 Å². The number of rotatable bonds is 4. The van der Waals surface area contributed by atoms with Gasteiger partial charge in [-0.1, -0.05) is 6.07 Å². The topological polar surface area (TPSA) is 21.3 Å². The molecule has 2 atom stereocenters. The van der Waals surface area contributed by atoms with E-state index in [1.54, 1.807) is 0 Å². The second-order valence-corrected chi connectivity index (χ2v) is 5.62. The highest BCUT2D eigenvalue weighted by atomic mass is 32.1. The van der Waals surface area contributed by atoms with Crippen LogP contribution in [-0.4, -0.2) is 19.3 Å². The number of ether oxygens (including phenoxy) is 1. The van der Waals surface area contributed by atoms with Gasteiger partial charge in [-0.25, -0.2) is 0 Å². The summed E-state index contributed by atoms with van der Waals surface area (Å²) in [6, 6.07) is 5.38. The first-order chi connectivity index (χ1) is 7.77. The summed E-state index contributed by atoms with van der Waals surface area (Å²) in [5.74, 6) is 0.774. The van der Waals surface area contributed by atoms with Crippen LogP contribution in [0.3, 0.4) is 0 Å². The quantitative estimate of drug-likeness (QED) is 0.871. The van der Waals surface area contributed by atoms with Crippen molar-refractivity contribution in [2.75, 3.05) is 13.2 Å². The molecule has 0 saturated carbocycles. The van der Waals surface area contributed by atoms with Gasteiger partial charge in [0.05, 0.1) is 0 Å². The molecule has 1 aliphatic heterocycles. The Balaban J connectivity index is 1.84. The summed E-state index contributed by atoms with van der Waals surface area (Å²) in [7, 11) is 0. The lowest BCUT2D eigenvalue weighted by Gasteiger charge is -2.30. The van der Waals surface area contributed by atoms with Crippen molar-refractivity contribution in [1.82, 2.24) is 5.32 Å². The van der Waals surface area contributed by atoms with Crippen LogP contribution in [-0.2, 0) is 4.74 Å². The standard InChI is InChI=1S/C13H21NOS/c1-10(12-5-7-15-8-6-12)14-11(2)13-4-3-9-16-13/h3-4,9-12,14H,5-8H2,1-2H3. The molecule has 0 spiro atoms. The normalized spacial score (nSPS) is 21.9. The van der Waals surface area contributed by atoms with E-state index in [4.69, 9.17) is 4.74 Å². The van der Waals surface area contributed by atoms with E-state index in [-0.39, 0.29) is 0 Å². The molecule has 1 N–H and O–H groups in total. The maximum Gasteiger partial charge on any atom is 0.0469 e. The van der Waals surface area contributed by atoms with Crippen molar-refractivity contribution in [2.24, 2.45) is 5.92 Å². The van der Waals surface area contributed by atoms with Crippen LogP contribution in [0.1, 0.15) is 37.6 Å². The molecule has 0 aromatic carbocycles. The van der Waals surface area contributed by atoms with Gasteiger partial charge in [0.2, 0.25) is 0 Å². The van der Waals surface area contributed by atoms with E-state index in [0.717, 1.165) is 19.1 Å². The van der Waals surface area contributed by atoms with Crippen molar-refractivity contribution in [2.45, 2.75) is 38.8 Å². The van der Waals surface area contributed by atoms with E-state index in [1.165, 1.54) is 17.7 Å². The second kappa shape index (κ2) is 5.80. The summed E-state index contributed by atoms with van der Waals surface area (Å²) < 4.78 is 5.40. The third-order valence-corrected chi connectivity index (χ3v) is 4.51. The van der Waals surface area contributed by atoms with E-state index in [2.05, 4.69) is 36.7 Å². The molecule has 16 heavy (non-hydrogen) atoms. The molecule has 2 unspecified atom stereocenters. The zero-order valence-corrected chi connectivity index (χ0v) is 10.9. The number of hydrogen-bond acceptors (Lipinski definition) is 3. The molecule has 2 rings (SSSR count). The first-order valence-corrected chi connectivity index (χ1v) is 7.02. The van der Waals surface area contributed by atoms with Gasteiger partial charge >= 0.3 is 0 Å². The molecule has 1 aromatic heterocycles. The van der Waals surface area contributed by atoms with Gasteiger partial charge < -0.3 is 10.1 Å². The van der Waals surface area contributed by atoms with E-state index >= 15 is 0 Å². The molecular weight excluding hydrogens is 218 g/mol. The smallest absolute Gasteiger partial charge is 0.0469 e. The summed E-state index contributed by atoms with van der Waals surface area (Å²) in [5, 5.41) is 5.85. The number of thiophene rings is 1. The molecule has 2 nitrogen and oxygen atoms in total. The monoisotopic (exact) mass is 239 g/mol. The van der Waals surface area contributed by atoms with Crippen LogP contribution in [0.5, 0.6) is 0 Å². The molecule has 2 heterocycles. The Kier molecular flexibility index (Phi) is 4.38. The highest BCUT2D eigenvalue weighted by Gasteiger charge is 2.21. The third kappa shape index (κ3) is 3.06. The van der Waals surface area contributed by atoms with Crippen molar-refractivity contribution in [3.05, 3.63) is 22.4 Å². The van der Waals surface area contributed by atoms with Crippen molar-refractivity contribution in [3.63, 3.8) is 0 Å². The van der Waals surface area contributed by atoms with E-state index in [1.807, 2.05) is 11.3 Å². The lowest BCUT2D eigenvalue weighted by atomic mass is 9.92. The summed E-state index contributed by atoms with van der Waals surface area (Å²) in [4.78, 5) is 1.43. The highest BCUT2D eigenvalue weighted by Crippen LogP contribution is 2.23. The fraction of sp³-hybridized carbons (Fsp3) is 0.692. The summed E-state index contributed by atoms with van der Waals surface area (Å²) in [5.41, 5.74) is 0. The Morgan fingerprint density at radius 2 is 2.12 bits per heavy atom. The summed E-state index contributed by atoms with van der Waals surface area (Å²) in [6.45, 7) is 6.43.